The van der Waals surface area contributed by atoms with Crippen molar-refractivity contribution < 1.29 is 23.9 Å². The first-order valence-corrected chi connectivity index (χ1v) is 15.1. The molecule has 2 saturated heterocycles. The van der Waals surface area contributed by atoms with Crippen molar-refractivity contribution in [2.45, 2.75) is 33.6 Å². The Morgan fingerprint density at radius 2 is 1.11 bits per heavy atom. The number of rotatable bonds is 9. The van der Waals surface area contributed by atoms with Gasteiger partial charge in [0.1, 0.15) is 0 Å². The number of nitrogens with zero attached hydrogens (tertiary/aromatic N) is 4. The van der Waals surface area contributed by atoms with Crippen LogP contribution >= 0.6 is 0 Å². The van der Waals surface area contributed by atoms with Gasteiger partial charge in [-0.05, 0) is 68.5 Å². The van der Waals surface area contributed by atoms with E-state index in [1.54, 1.807) is 6.92 Å². The first kappa shape index (κ1) is 34.3. The Morgan fingerprint density at radius 1 is 0.705 bits per heavy atom. The highest BCUT2D eigenvalue weighted by Gasteiger charge is 2.18. The maximum atomic E-state index is 11.8. The first-order chi connectivity index (χ1) is 20.9. The highest BCUT2D eigenvalue weighted by molar-refractivity contribution is 5.92. The average Bonchev–Trinajstić information content (AvgIpc) is 2.95. The molecule has 2 aliphatic rings. The molecule has 240 valence electrons. The van der Waals surface area contributed by atoms with Gasteiger partial charge in [0, 0.05) is 89.0 Å². The highest BCUT2D eigenvalue weighted by atomic mass is 16.5. The number of likely N-dealkylation sites (N-methyl/N-ethyl adjacent to an activating group) is 2. The molecule has 4 rings (SSSR count). The van der Waals surface area contributed by atoms with Gasteiger partial charge in [-0.1, -0.05) is 0 Å². The van der Waals surface area contributed by atoms with E-state index in [0.717, 1.165) is 74.9 Å². The molecule has 0 saturated carbocycles. The number of amides is 3. The molecule has 0 unspecified atom stereocenters. The summed E-state index contributed by atoms with van der Waals surface area (Å²) in [5, 5.41) is 5.53. The van der Waals surface area contributed by atoms with Crippen molar-refractivity contribution in [1.82, 2.24) is 9.80 Å². The molecule has 2 fully saturated rings. The lowest BCUT2D eigenvalue weighted by atomic mass is 10.1. The van der Waals surface area contributed by atoms with Crippen LogP contribution in [0.2, 0.25) is 0 Å². The normalized spacial score (nSPS) is 15.6. The standard InChI is InChI=1S/C17H25N3O3.C15H22N4O2/c1-4-23-17(22)12-14-11-15(5-6-16(14)18-13(2)21)20-9-7-19(3)8-10-20;1-11(20)17-14-4-3-13(9-12(14)10-15(16)21)19-7-5-18(2)6-8-19/h5-6,11H,4,7-10,12H2,1-3H3,(H,18,21);3-4,9H,5-8,10H2,1-2H3,(H2,16,21)(H,17,20). The molecule has 12 nitrogen and oxygen atoms in total. The third-order valence-corrected chi connectivity index (χ3v) is 7.54. The average molecular weight is 610 g/mol. The lowest BCUT2D eigenvalue weighted by Crippen LogP contribution is -2.44. The second-order valence-electron chi connectivity index (χ2n) is 11.3. The fourth-order valence-electron chi connectivity index (χ4n) is 5.15. The van der Waals surface area contributed by atoms with Gasteiger partial charge in [0.15, 0.2) is 0 Å². The second-order valence-corrected chi connectivity index (χ2v) is 11.3. The molecule has 0 atom stereocenters. The monoisotopic (exact) mass is 609 g/mol. The summed E-state index contributed by atoms with van der Waals surface area (Å²) in [6.07, 6.45) is 0.280. The summed E-state index contributed by atoms with van der Waals surface area (Å²) in [6, 6.07) is 11.6. The van der Waals surface area contributed by atoms with E-state index in [0.29, 0.717) is 18.0 Å². The lowest BCUT2D eigenvalue weighted by Gasteiger charge is -2.34. The van der Waals surface area contributed by atoms with Gasteiger partial charge in [0.05, 0.1) is 19.4 Å². The number of piperazine rings is 2. The minimum atomic E-state index is -0.405. The molecule has 12 heteroatoms. The smallest absolute Gasteiger partial charge is 0.310 e. The van der Waals surface area contributed by atoms with E-state index < -0.39 is 5.91 Å². The number of esters is 1. The number of nitrogens with two attached hydrogens (primary N) is 1. The van der Waals surface area contributed by atoms with Crippen molar-refractivity contribution in [3.63, 3.8) is 0 Å². The van der Waals surface area contributed by atoms with Gasteiger partial charge in [0.2, 0.25) is 17.7 Å². The fraction of sp³-hybridized carbons (Fsp3) is 0.500. The SMILES string of the molecule is CC(=O)Nc1ccc(N2CCN(C)CC2)cc1CC(N)=O.CCOC(=O)Cc1cc(N2CCN(C)CC2)ccc1NC(C)=O. The Morgan fingerprint density at radius 3 is 1.48 bits per heavy atom. The van der Waals surface area contributed by atoms with Crippen molar-refractivity contribution in [1.29, 1.82) is 0 Å². The summed E-state index contributed by atoms with van der Waals surface area (Å²) in [4.78, 5) is 54.8. The van der Waals surface area contributed by atoms with E-state index in [4.69, 9.17) is 10.5 Å². The van der Waals surface area contributed by atoms with E-state index in [1.165, 1.54) is 13.8 Å². The van der Waals surface area contributed by atoms with Gasteiger partial charge in [-0.3, -0.25) is 19.2 Å². The van der Waals surface area contributed by atoms with E-state index >= 15 is 0 Å². The van der Waals surface area contributed by atoms with Crippen LogP contribution in [0.25, 0.3) is 0 Å². The van der Waals surface area contributed by atoms with Crippen molar-refractivity contribution >= 4 is 46.4 Å². The maximum Gasteiger partial charge on any atom is 0.310 e. The van der Waals surface area contributed by atoms with E-state index in [1.807, 2.05) is 36.4 Å². The van der Waals surface area contributed by atoms with Crippen LogP contribution in [0.15, 0.2) is 36.4 Å². The molecule has 0 bridgehead atoms. The Kier molecular flexibility index (Phi) is 13.0. The van der Waals surface area contributed by atoms with Crippen LogP contribution in [0.3, 0.4) is 0 Å². The number of carbonyl (C=O) groups is 4. The minimum absolute atomic E-state index is 0.122. The number of anilines is 4. The Labute approximate surface area is 260 Å². The zero-order valence-corrected chi connectivity index (χ0v) is 26.6. The number of benzene rings is 2. The Bertz CT molecular complexity index is 1300. The third-order valence-electron chi connectivity index (χ3n) is 7.54. The van der Waals surface area contributed by atoms with Crippen molar-refractivity contribution in [2.75, 3.05) is 93.5 Å². The van der Waals surface area contributed by atoms with E-state index in [-0.39, 0.29) is 30.6 Å². The van der Waals surface area contributed by atoms with Gasteiger partial charge >= 0.3 is 5.97 Å². The van der Waals surface area contributed by atoms with Crippen LogP contribution in [-0.2, 0) is 36.8 Å². The maximum absolute atomic E-state index is 11.8. The molecule has 2 aliphatic heterocycles. The molecular weight excluding hydrogens is 562 g/mol. The van der Waals surface area contributed by atoms with E-state index in [2.05, 4.69) is 44.3 Å². The quantitative estimate of drug-likeness (QED) is 0.364. The second kappa shape index (κ2) is 16.6. The number of carbonyl (C=O) groups excluding carboxylic acids is 4. The van der Waals surface area contributed by atoms with Gasteiger partial charge in [0.25, 0.3) is 0 Å². The zero-order chi connectivity index (χ0) is 32.2. The Balaban J connectivity index is 0.000000241. The van der Waals surface area contributed by atoms with Crippen LogP contribution in [0.4, 0.5) is 22.7 Å². The highest BCUT2D eigenvalue weighted by Crippen LogP contribution is 2.26. The summed E-state index contributed by atoms with van der Waals surface area (Å²) < 4.78 is 5.03. The molecular formula is C32H47N7O5. The summed E-state index contributed by atoms with van der Waals surface area (Å²) in [6.45, 7) is 12.9. The summed E-state index contributed by atoms with van der Waals surface area (Å²) in [5.41, 5.74) is 10.3. The minimum Gasteiger partial charge on any atom is -0.466 e. The topological polar surface area (TPSA) is 141 Å². The van der Waals surface area contributed by atoms with Crippen LogP contribution in [0, 0.1) is 0 Å². The van der Waals surface area contributed by atoms with Crippen molar-refractivity contribution in [3.8, 4) is 0 Å². The number of hydrogen-bond acceptors (Lipinski definition) is 9. The molecule has 0 aromatic heterocycles. The number of nitrogens with one attached hydrogen (secondary N) is 2. The number of hydrogen-bond donors (Lipinski definition) is 3. The van der Waals surface area contributed by atoms with Crippen LogP contribution < -0.4 is 26.2 Å². The first-order valence-electron chi connectivity index (χ1n) is 15.1. The molecule has 0 radical (unpaired) electrons. The third kappa shape index (κ3) is 10.8. The molecule has 2 heterocycles. The molecule has 0 spiro atoms. The molecule has 44 heavy (non-hydrogen) atoms. The molecule has 3 amide bonds. The van der Waals surface area contributed by atoms with Crippen LogP contribution in [0.5, 0.6) is 0 Å². The number of primary amides is 1. The van der Waals surface area contributed by atoms with Crippen molar-refractivity contribution in [3.05, 3.63) is 47.5 Å². The number of ether oxygens (including phenoxy) is 1. The molecule has 0 aliphatic carbocycles. The molecule has 2 aromatic carbocycles. The van der Waals surface area contributed by atoms with Crippen LogP contribution in [0.1, 0.15) is 31.9 Å². The summed E-state index contributed by atoms with van der Waals surface area (Å²) in [7, 11) is 4.22. The Hall–Kier alpha value is -4.16. The van der Waals surface area contributed by atoms with Crippen molar-refractivity contribution in [2.24, 2.45) is 5.73 Å². The lowest BCUT2D eigenvalue weighted by molar-refractivity contribution is -0.142. The fourth-order valence-corrected chi connectivity index (χ4v) is 5.15. The predicted molar refractivity (Wildman–Crippen MR) is 174 cm³/mol. The predicted octanol–water partition coefficient (Wildman–Crippen LogP) is 1.93. The summed E-state index contributed by atoms with van der Waals surface area (Å²) >= 11 is 0. The van der Waals surface area contributed by atoms with Gasteiger partial charge in [-0.25, -0.2) is 0 Å². The molecule has 4 N–H and O–H groups in total. The molecule has 2 aromatic rings. The summed E-state index contributed by atoms with van der Waals surface area (Å²) in [5.74, 6) is -0.998. The van der Waals surface area contributed by atoms with E-state index in [9.17, 15) is 19.2 Å². The van der Waals surface area contributed by atoms with Gasteiger partial charge < -0.3 is 40.7 Å². The van der Waals surface area contributed by atoms with Gasteiger partial charge in [-0.2, -0.15) is 0 Å². The van der Waals surface area contributed by atoms with Crippen LogP contribution in [-0.4, -0.2) is 107 Å². The zero-order valence-electron chi connectivity index (χ0n) is 26.6. The largest absolute Gasteiger partial charge is 0.466 e. The van der Waals surface area contributed by atoms with Gasteiger partial charge in [-0.15, -0.1) is 0 Å².